The topological polar surface area (TPSA) is 94.4 Å². The average molecular weight is 369 g/mol. The highest BCUT2D eigenvalue weighted by atomic mass is 32.1. The lowest BCUT2D eigenvalue weighted by Crippen LogP contribution is -2.11. The summed E-state index contributed by atoms with van der Waals surface area (Å²) in [6.45, 7) is 1.68. The van der Waals surface area contributed by atoms with Crippen LogP contribution in [0.2, 0.25) is 0 Å². The number of nitro benzene ring substituents is 1. The van der Waals surface area contributed by atoms with E-state index in [1.165, 1.54) is 24.5 Å². The van der Waals surface area contributed by atoms with E-state index in [-0.39, 0.29) is 11.6 Å². The van der Waals surface area contributed by atoms with Crippen LogP contribution in [0.5, 0.6) is 5.75 Å². The Kier molecular flexibility index (Phi) is 4.94. The highest BCUT2D eigenvalue weighted by molar-refractivity contribution is 7.14. The SMILES string of the molecule is COc1cccc(C(=O)Nc2nc(-c3ccc(C)c([N+](=O)[O-])c3)cs2)c1. The Balaban J connectivity index is 1.81. The minimum absolute atomic E-state index is 0.0393. The van der Waals surface area contributed by atoms with E-state index in [1.54, 1.807) is 48.7 Å². The van der Waals surface area contributed by atoms with E-state index in [9.17, 15) is 14.9 Å². The van der Waals surface area contributed by atoms with Gasteiger partial charge in [-0.05, 0) is 25.1 Å². The van der Waals surface area contributed by atoms with Gasteiger partial charge in [0.15, 0.2) is 5.13 Å². The molecule has 8 heteroatoms. The Morgan fingerprint density at radius 1 is 1.27 bits per heavy atom. The number of hydrogen-bond donors (Lipinski definition) is 1. The van der Waals surface area contributed by atoms with Gasteiger partial charge in [-0.3, -0.25) is 20.2 Å². The van der Waals surface area contributed by atoms with Crippen molar-refractivity contribution in [1.82, 2.24) is 4.98 Å². The summed E-state index contributed by atoms with van der Waals surface area (Å²) in [5.74, 6) is 0.282. The number of nitro groups is 1. The molecule has 0 radical (unpaired) electrons. The minimum Gasteiger partial charge on any atom is -0.497 e. The zero-order valence-electron chi connectivity index (χ0n) is 14.1. The van der Waals surface area contributed by atoms with Crippen LogP contribution in [0.3, 0.4) is 0 Å². The molecule has 0 bridgehead atoms. The Morgan fingerprint density at radius 3 is 2.81 bits per heavy atom. The molecule has 1 amide bonds. The molecule has 1 aromatic heterocycles. The van der Waals surface area contributed by atoms with Crippen molar-refractivity contribution in [3.8, 4) is 17.0 Å². The van der Waals surface area contributed by atoms with Crippen molar-refractivity contribution in [3.63, 3.8) is 0 Å². The highest BCUT2D eigenvalue weighted by Crippen LogP contribution is 2.29. The first-order chi connectivity index (χ1) is 12.5. The Labute approximate surface area is 153 Å². The fraction of sp³-hybridized carbons (Fsp3) is 0.111. The van der Waals surface area contributed by atoms with E-state index in [4.69, 9.17) is 4.74 Å². The normalized spacial score (nSPS) is 10.4. The summed E-state index contributed by atoms with van der Waals surface area (Å²) in [5.41, 5.74) is 2.27. The molecule has 0 unspecified atom stereocenters. The van der Waals surface area contributed by atoms with E-state index >= 15 is 0 Å². The first-order valence-corrected chi connectivity index (χ1v) is 8.52. The third-order valence-corrected chi connectivity index (χ3v) is 4.52. The Morgan fingerprint density at radius 2 is 2.08 bits per heavy atom. The standard InChI is InChI=1S/C18H15N3O4S/c1-11-6-7-12(9-16(11)21(23)24)15-10-26-18(19-15)20-17(22)13-4-3-5-14(8-13)25-2/h3-10H,1-2H3,(H,19,20,22). The van der Waals surface area contributed by atoms with Gasteiger partial charge >= 0.3 is 0 Å². The molecule has 1 heterocycles. The van der Waals surface area contributed by atoms with E-state index in [0.717, 1.165) is 0 Å². The molecule has 3 aromatic rings. The van der Waals surface area contributed by atoms with E-state index in [2.05, 4.69) is 10.3 Å². The second-order valence-corrected chi connectivity index (χ2v) is 6.34. The van der Waals surface area contributed by atoms with E-state index in [1.807, 2.05) is 0 Å². The molecule has 0 saturated carbocycles. The van der Waals surface area contributed by atoms with Crippen LogP contribution in [0, 0.1) is 17.0 Å². The summed E-state index contributed by atoms with van der Waals surface area (Å²) in [5, 5.41) is 16.0. The van der Waals surface area contributed by atoms with Crippen LogP contribution in [0.25, 0.3) is 11.3 Å². The van der Waals surface area contributed by atoms with Gasteiger partial charge in [-0.1, -0.05) is 18.2 Å². The van der Waals surface area contributed by atoms with Crippen LogP contribution in [0.4, 0.5) is 10.8 Å². The van der Waals surface area contributed by atoms with Crippen molar-refractivity contribution in [2.75, 3.05) is 12.4 Å². The third kappa shape index (κ3) is 3.70. The lowest BCUT2D eigenvalue weighted by atomic mass is 10.1. The van der Waals surface area contributed by atoms with Gasteiger partial charge in [0, 0.05) is 28.1 Å². The lowest BCUT2D eigenvalue weighted by Gasteiger charge is -2.04. The maximum Gasteiger partial charge on any atom is 0.272 e. The molecule has 0 spiro atoms. The van der Waals surface area contributed by atoms with Gasteiger partial charge in [0.1, 0.15) is 5.75 Å². The number of ether oxygens (including phenoxy) is 1. The summed E-state index contributed by atoms with van der Waals surface area (Å²) < 4.78 is 5.11. The zero-order chi connectivity index (χ0) is 18.7. The van der Waals surface area contributed by atoms with Gasteiger partial charge < -0.3 is 4.74 Å². The van der Waals surface area contributed by atoms with Crippen molar-refractivity contribution in [2.24, 2.45) is 0 Å². The number of aromatic nitrogens is 1. The van der Waals surface area contributed by atoms with Crippen LogP contribution in [0.15, 0.2) is 47.8 Å². The van der Waals surface area contributed by atoms with Gasteiger partial charge in [-0.2, -0.15) is 0 Å². The molecule has 1 N–H and O–H groups in total. The molecule has 7 nitrogen and oxygen atoms in total. The summed E-state index contributed by atoms with van der Waals surface area (Å²) in [7, 11) is 1.53. The van der Waals surface area contributed by atoms with Crippen LogP contribution < -0.4 is 10.1 Å². The number of rotatable bonds is 5. The van der Waals surface area contributed by atoms with Crippen LogP contribution in [-0.4, -0.2) is 22.9 Å². The summed E-state index contributed by atoms with van der Waals surface area (Å²) >= 11 is 1.25. The predicted molar refractivity (Wildman–Crippen MR) is 99.9 cm³/mol. The second kappa shape index (κ2) is 7.32. The number of anilines is 1. The maximum absolute atomic E-state index is 12.3. The molecule has 0 fully saturated rings. The molecular formula is C18H15N3O4S. The van der Waals surface area contributed by atoms with Crippen molar-refractivity contribution in [3.05, 3.63) is 69.1 Å². The number of hydrogen-bond acceptors (Lipinski definition) is 6. The van der Waals surface area contributed by atoms with Gasteiger partial charge in [0.05, 0.1) is 17.7 Å². The molecule has 0 atom stereocenters. The highest BCUT2D eigenvalue weighted by Gasteiger charge is 2.15. The quantitative estimate of drug-likeness (QED) is 0.535. The molecule has 0 saturated heterocycles. The molecule has 0 aliphatic heterocycles. The molecule has 132 valence electrons. The van der Waals surface area contributed by atoms with Crippen molar-refractivity contribution in [2.45, 2.75) is 6.92 Å². The number of thiazole rings is 1. The minimum atomic E-state index is -0.420. The predicted octanol–water partition coefficient (Wildman–Crippen LogP) is 4.29. The molecular weight excluding hydrogens is 354 g/mol. The van der Waals surface area contributed by atoms with Crippen molar-refractivity contribution < 1.29 is 14.5 Å². The number of carbonyl (C=O) groups is 1. The van der Waals surface area contributed by atoms with Gasteiger partial charge in [0.2, 0.25) is 0 Å². The number of amides is 1. The lowest BCUT2D eigenvalue weighted by molar-refractivity contribution is -0.385. The molecule has 0 aliphatic carbocycles. The summed E-state index contributed by atoms with van der Waals surface area (Å²) in [6.07, 6.45) is 0. The monoisotopic (exact) mass is 369 g/mol. The van der Waals surface area contributed by atoms with Crippen LogP contribution in [-0.2, 0) is 0 Å². The molecule has 0 aliphatic rings. The molecule has 3 rings (SSSR count). The smallest absolute Gasteiger partial charge is 0.272 e. The number of aryl methyl sites for hydroxylation is 1. The largest absolute Gasteiger partial charge is 0.497 e. The van der Waals surface area contributed by atoms with E-state index in [0.29, 0.717) is 33.3 Å². The average Bonchev–Trinajstić information content (AvgIpc) is 3.10. The first kappa shape index (κ1) is 17.6. The number of nitrogens with one attached hydrogen (secondary N) is 1. The number of nitrogens with zero attached hydrogens (tertiary/aromatic N) is 2. The molecule has 2 aromatic carbocycles. The first-order valence-electron chi connectivity index (χ1n) is 7.64. The Bertz CT molecular complexity index is 984. The van der Waals surface area contributed by atoms with Crippen LogP contribution >= 0.6 is 11.3 Å². The number of benzene rings is 2. The van der Waals surface area contributed by atoms with Gasteiger partial charge in [-0.15, -0.1) is 11.3 Å². The zero-order valence-corrected chi connectivity index (χ0v) is 14.9. The summed E-state index contributed by atoms with van der Waals surface area (Å²) in [4.78, 5) is 27.3. The molecule has 26 heavy (non-hydrogen) atoms. The fourth-order valence-corrected chi connectivity index (χ4v) is 3.08. The van der Waals surface area contributed by atoms with Gasteiger partial charge in [-0.25, -0.2) is 4.98 Å². The summed E-state index contributed by atoms with van der Waals surface area (Å²) in [6, 6.07) is 11.7. The maximum atomic E-state index is 12.3. The van der Waals surface area contributed by atoms with Crippen molar-refractivity contribution in [1.29, 1.82) is 0 Å². The van der Waals surface area contributed by atoms with Crippen molar-refractivity contribution >= 4 is 28.1 Å². The number of carbonyl (C=O) groups excluding carboxylic acids is 1. The van der Waals surface area contributed by atoms with Gasteiger partial charge in [0.25, 0.3) is 11.6 Å². The van der Waals surface area contributed by atoms with E-state index < -0.39 is 4.92 Å². The third-order valence-electron chi connectivity index (χ3n) is 3.76. The fourth-order valence-electron chi connectivity index (χ4n) is 2.36. The number of methoxy groups -OCH3 is 1. The Hall–Kier alpha value is -3.26. The van der Waals surface area contributed by atoms with Crippen LogP contribution in [0.1, 0.15) is 15.9 Å². The second-order valence-electron chi connectivity index (χ2n) is 5.48.